The minimum absolute atomic E-state index is 0.0164. The molecule has 0 amide bonds. The second kappa shape index (κ2) is 6.33. The fraction of sp³-hybridized carbons (Fsp3) is 0.625. The molecule has 0 aliphatic carbocycles. The van der Waals surface area contributed by atoms with Gasteiger partial charge < -0.3 is 10.5 Å². The van der Waals surface area contributed by atoms with Crippen molar-refractivity contribution >= 4 is 11.6 Å². The summed E-state index contributed by atoms with van der Waals surface area (Å²) in [5.74, 6) is 1.03. The lowest BCUT2D eigenvalue weighted by molar-refractivity contribution is 0.103. The Kier molecular flexibility index (Phi) is 4.95. The lowest BCUT2D eigenvalue weighted by Crippen LogP contribution is -2.50. The van der Waals surface area contributed by atoms with Crippen LogP contribution in [0.4, 0.5) is 0 Å². The van der Waals surface area contributed by atoms with Crippen molar-refractivity contribution in [3.05, 3.63) is 28.3 Å². The molecule has 2 rings (SSSR count). The third-order valence-electron chi connectivity index (χ3n) is 4.53. The average Bonchev–Trinajstić information content (AvgIpc) is 2.91. The Morgan fingerprint density at radius 2 is 2.15 bits per heavy atom. The normalized spacial score (nSPS) is 16.9. The predicted molar refractivity (Wildman–Crippen MR) is 84.5 cm³/mol. The summed E-state index contributed by atoms with van der Waals surface area (Å²) in [7, 11) is 0. The Bertz CT molecular complexity index is 472. The van der Waals surface area contributed by atoms with Gasteiger partial charge in [-0.3, -0.25) is 4.90 Å². The van der Waals surface area contributed by atoms with Crippen molar-refractivity contribution in [3.8, 4) is 5.75 Å². The molecule has 0 saturated carbocycles. The Labute approximate surface area is 127 Å². The van der Waals surface area contributed by atoms with E-state index in [1.54, 1.807) is 0 Å². The smallest absolute Gasteiger partial charge is 0.127 e. The van der Waals surface area contributed by atoms with Crippen molar-refractivity contribution < 1.29 is 4.74 Å². The monoisotopic (exact) mass is 296 g/mol. The van der Waals surface area contributed by atoms with Crippen LogP contribution in [0.3, 0.4) is 0 Å². The number of nitrogens with two attached hydrogens (primary N) is 1. The number of rotatable bonds is 6. The molecular weight excluding hydrogens is 272 g/mol. The van der Waals surface area contributed by atoms with Crippen LogP contribution in [0.25, 0.3) is 0 Å². The molecule has 0 spiro atoms. The zero-order valence-corrected chi connectivity index (χ0v) is 13.5. The molecule has 112 valence electrons. The van der Waals surface area contributed by atoms with Gasteiger partial charge in [-0.05, 0) is 37.6 Å². The largest absolute Gasteiger partial charge is 0.493 e. The molecule has 1 atom stereocenters. The minimum atomic E-state index is 0.0164. The van der Waals surface area contributed by atoms with Gasteiger partial charge in [0.1, 0.15) is 5.75 Å². The second-order valence-electron chi connectivity index (χ2n) is 5.72. The highest BCUT2D eigenvalue weighted by Crippen LogP contribution is 2.34. The van der Waals surface area contributed by atoms with Crippen LogP contribution in [0, 0.1) is 0 Å². The number of likely N-dealkylation sites (N-methyl/N-ethyl adjacent to an activating group) is 1. The van der Waals surface area contributed by atoms with E-state index in [9.17, 15) is 0 Å². The summed E-state index contributed by atoms with van der Waals surface area (Å²) in [6.07, 6.45) is 1.98. The molecular formula is C16H25ClN2O. The SMILES string of the molecule is CCN(Cc1cc(Cl)cc2c1OCC2)C(C)(CC)CN. The third-order valence-corrected chi connectivity index (χ3v) is 4.75. The van der Waals surface area contributed by atoms with E-state index in [0.29, 0.717) is 6.54 Å². The van der Waals surface area contributed by atoms with Crippen molar-refractivity contribution in [2.45, 2.75) is 45.7 Å². The van der Waals surface area contributed by atoms with Crippen LogP contribution in [-0.2, 0) is 13.0 Å². The van der Waals surface area contributed by atoms with Crippen LogP contribution in [0.2, 0.25) is 5.02 Å². The van der Waals surface area contributed by atoms with E-state index in [-0.39, 0.29) is 5.54 Å². The molecule has 1 aromatic rings. The molecule has 0 fully saturated rings. The van der Waals surface area contributed by atoms with Gasteiger partial charge in [0.05, 0.1) is 6.61 Å². The first-order valence-corrected chi connectivity index (χ1v) is 7.81. The van der Waals surface area contributed by atoms with Crippen LogP contribution in [0.5, 0.6) is 5.75 Å². The summed E-state index contributed by atoms with van der Waals surface area (Å²) in [4.78, 5) is 2.42. The maximum Gasteiger partial charge on any atom is 0.127 e. The van der Waals surface area contributed by atoms with Gasteiger partial charge in [0.25, 0.3) is 0 Å². The van der Waals surface area contributed by atoms with Crippen LogP contribution in [-0.4, -0.2) is 30.1 Å². The summed E-state index contributed by atoms with van der Waals surface area (Å²) in [6.45, 7) is 9.80. The molecule has 0 saturated heterocycles. The topological polar surface area (TPSA) is 38.5 Å². The Balaban J connectivity index is 2.29. The van der Waals surface area contributed by atoms with E-state index in [1.165, 1.54) is 11.1 Å². The van der Waals surface area contributed by atoms with Gasteiger partial charge in [0, 0.05) is 35.6 Å². The van der Waals surface area contributed by atoms with E-state index in [4.69, 9.17) is 22.1 Å². The zero-order chi connectivity index (χ0) is 14.8. The average molecular weight is 297 g/mol. The third kappa shape index (κ3) is 2.95. The standard InChI is InChI=1S/C16H25ClN2O/c1-4-16(3,11-18)19(5-2)10-13-9-14(17)8-12-6-7-20-15(12)13/h8-9H,4-7,10-11,18H2,1-3H3. The Morgan fingerprint density at radius 3 is 2.75 bits per heavy atom. The van der Waals surface area contributed by atoms with Gasteiger partial charge in [-0.25, -0.2) is 0 Å². The van der Waals surface area contributed by atoms with E-state index in [2.05, 4.69) is 25.7 Å². The number of nitrogens with zero attached hydrogens (tertiary/aromatic N) is 1. The van der Waals surface area contributed by atoms with Gasteiger partial charge in [-0.1, -0.05) is 25.4 Å². The van der Waals surface area contributed by atoms with Gasteiger partial charge >= 0.3 is 0 Å². The summed E-state index contributed by atoms with van der Waals surface area (Å²) < 4.78 is 5.79. The van der Waals surface area contributed by atoms with Crippen molar-refractivity contribution in [3.63, 3.8) is 0 Å². The molecule has 0 aromatic heterocycles. The molecule has 20 heavy (non-hydrogen) atoms. The van der Waals surface area contributed by atoms with E-state index < -0.39 is 0 Å². The van der Waals surface area contributed by atoms with Crippen molar-refractivity contribution in [1.29, 1.82) is 0 Å². The highest BCUT2D eigenvalue weighted by atomic mass is 35.5. The van der Waals surface area contributed by atoms with Crippen molar-refractivity contribution in [2.75, 3.05) is 19.7 Å². The van der Waals surface area contributed by atoms with Crippen LogP contribution >= 0.6 is 11.6 Å². The molecule has 1 aromatic carbocycles. The molecule has 1 aliphatic rings. The summed E-state index contributed by atoms with van der Waals surface area (Å²) in [5, 5.41) is 0.797. The molecule has 1 unspecified atom stereocenters. The summed E-state index contributed by atoms with van der Waals surface area (Å²) in [5.41, 5.74) is 8.42. The highest BCUT2D eigenvalue weighted by molar-refractivity contribution is 6.30. The summed E-state index contributed by atoms with van der Waals surface area (Å²) in [6, 6.07) is 4.05. The quantitative estimate of drug-likeness (QED) is 0.876. The van der Waals surface area contributed by atoms with Crippen LogP contribution < -0.4 is 10.5 Å². The molecule has 2 N–H and O–H groups in total. The first-order valence-electron chi connectivity index (χ1n) is 7.43. The molecule has 4 heteroatoms. The van der Waals surface area contributed by atoms with Gasteiger partial charge in [0.2, 0.25) is 0 Å². The minimum Gasteiger partial charge on any atom is -0.493 e. The van der Waals surface area contributed by atoms with E-state index in [0.717, 1.165) is 43.3 Å². The number of hydrogen-bond acceptors (Lipinski definition) is 3. The fourth-order valence-electron chi connectivity index (χ4n) is 2.85. The Hall–Kier alpha value is -0.770. The van der Waals surface area contributed by atoms with E-state index in [1.807, 2.05) is 12.1 Å². The predicted octanol–water partition coefficient (Wildman–Crippen LogP) is 3.22. The maximum absolute atomic E-state index is 6.24. The van der Waals surface area contributed by atoms with Crippen molar-refractivity contribution in [2.24, 2.45) is 5.73 Å². The lowest BCUT2D eigenvalue weighted by Gasteiger charge is -2.39. The summed E-state index contributed by atoms with van der Waals surface area (Å²) >= 11 is 6.24. The van der Waals surface area contributed by atoms with Crippen LogP contribution in [0.1, 0.15) is 38.3 Å². The highest BCUT2D eigenvalue weighted by Gasteiger charge is 2.29. The number of ether oxygens (including phenoxy) is 1. The molecule has 0 radical (unpaired) electrons. The lowest BCUT2D eigenvalue weighted by atomic mass is 9.95. The maximum atomic E-state index is 6.24. The fourth-order valence-corrected chi connectivity index (χ4v) is 3.11. The van der Waals surface area contributed by atoms with Gasteiger partial charge in [-0.15, -0.1) is 0 Å². The molecule has 3 nitrogen and oxygen atoms in total. The van der Waals surface area contributed by atoms with Gasteiger partial charge in [-0.2, -0.15) is 0 Å². The number of halogens is 1. The number of hydrogen-bond donors (Lipinski definition) is 1. The molecule has 1 aliphatic heterocycles. The first kappa shape index (κ1) is 15.6. The number of benzene rings is 1. The molecule has 1 heterocycles. The van der Waals surface area contributed by atoms with Gasteiger partial charge in [0.15, 0.2) is 0 Å². The van der Waals surface area contributed by atoms with E-state index >= 15 is 0 Å². The second-order valence-corrected chi connectivity index (χ2v) is 6.16. The zero-order valence-electron chi connectivity index (χ0n) is 12.7. The van der Waals surface area contributed by atoms with Crippen molar-refractivity contribution in [1.82, 2.24) is 4.90 Å². The first-order chi connectivity index (χ1) is 9.54. The Morgan fingerprint density at radius 1 is 1.40 bits per heavy atom. The number of fused-ring (bicyclic) bond motifs is 1. The van der Waals surface area contributed by atoms with Crippen LogP contribution in [0.15, 0.2) is 12.1 Å². The molecule has 0 bridgehead atoms.